The van der Waals surface area contributed by atoms with Crippen LogP contribution in [0.5, 0.6) is 5.75 Å². The van der Waals surface area contributed by atoms with Crippen LogP contribution in [0.2, 0.25) is 0 Å². The van der Waals surface area contributed by atoms with E-state index in [-0.39, 0.29) is 16.9 Å². The van der Waals surface area contributed by atoms with Crippen molar-refractivity contribution in [1.82, 2.24) is 0 Å². The summed E-state index contributed by atoms with van der Waals surface area (Å²) in [6.07, 6.45) is 7.94. The summed E-state index contributed by atoms with van der Waals surface area (Å²) in [4.78, 5) is 11.7. The molecule has 0 aromatic heterocycles. The Balaban J connectivity index is 2.12. The zero-order chi connectivity index (χ0) is 22.6. The summed E-state index contributed by atoms with van der Waals surface area (Å²) < 4.78 is 15.2. The highest BCUT2D eigenvalue weighted by Crippen LogP contribution is 2.36. The third kappa shape index (κ3) is 5.63. The van der Waals surface area contributed by atoms with Crippen molar-refractivity contribution in [3.8, 4) is 5.75 Å². The number of aromatic hydroxyl groups is 1. The standard InChI is InChI=1S/C27H31FO3/c1-27(2,3)23(26(30)31)16-19-13-14-21(17-24(19)28)25(18-9-6-4-5-7-10-18)20-11-8-12-22(29)15-20/h8,11-17,29H,4-7,9-10H2,1-3H3,(H,30,31). The molecular formula is C27H31FO3. The number of halogens is 1. The second-order valence-electron chi connectivity index (χ2n) is 9.29. The topological polar surface area (TPSA) is 57.5 Å². The zero-order valence-corrected chi connectivity index (χ0v) is 18.5. The van der Waals surface area contributed by atoms with E-state index < -0.39 is 17.2 Å². The minimum atomic E-state index is -1.04. The van der Waals surface area contributed by atoms with Crippen LogP contribution in [0.15, 0.2) is 53.6 Å². The van der Waals surface area contributed by atoms with Crippen molar-refractivity contribution < 1.29 is 19.4 Å². The largest absolute Gasteiger partial charge is 0.508 e. The van der Waals surface area contributed by atoms with E-state index in [1.807, 2.05) is 12.1 Å². The Bertz CT molecular complexity index is 1020. The number of phenolic OH excluding ortho intramolecular Hbond substituents is 1. The van der Waals surface area contributed by atoms with E-state index in [0.29, 0.717) is 0 Å². The van der Waals surface area contributed by atoms with Crippen LogP contribution in [0.25, 0.3) is 11.6 Å². The third-order valence-corrected chi connectivity index (χ3v) is 5.82. The fourth-order valence-corrected chi connectivity index (χ4v) is 4.20. The first-order chi connectivity index (χ1) is 14.7. The monoisotopic (exact) mass is 422 g/mol. The molecule has 31 heavy (non-hydrogen) atoms. The molecule has 0 spiro atoms. The lowest BCUT2D eigenvalue weighted by Gasteiger charge is -2.20. The maximum absolute atomic E-state index is 15.2. The molecule has 0 radical (unpaired) electrons. The highest BCUT2D eigenvalue weighted by molar-refractivity contribution is 5.93. The molecule has 164 valence electrons. The van der Waals surface area contributed by atoms with Crippen molar-refractivity contribution in [2.45, 2.75) is 59.3 Å². The van der Waals surface area contributed by atoms with E-state index >= 15 is 4.39 Å². The van der Waals surface area contributed by atoms with Gasteiger partial charge in [-0.2, -0.15) is 0 Å². The third-order valence-electron chi connectivity index (χ3n) is 5.82. The van der Waals surface area contributed by atoms with Crippen LogP contribution in [-0.2, 0) is 4.79 Å². The molecule has 1 aliphatic carbocycles. The lowest BCUT2D eigenvalue weighted by molar-refractivity contribution is -0.133. The highest BCUT2D eigenvalue weighted by atomic mass is 19.1. The summed E-state index contributed by atoms with van der Waals surface area (Å²) in [5.74, 6) is -1.31. The molecule has 3 rings (SSSR count). The number of phenols is 1. The highest BCUT2D eigenvalue weighted by Gasteiger charge is 2.24. The number of hydrogen-bond acceptors (Lipinski definition) is 2. The van der Waals surface area contributed by atoms with Crippen molar-refractivity contribution in [3.05, 3.63) is 76.1 Å². The summed E-state index contributed by atoms with van der Waals surface area (Å²) in [7, 11) is 0. The molecule has 4 heteroatoms. The average molecular weight is 423 g/mol. The second kappa shape index (κ2) is 9.51. The van der Waals surface area contributed by atoms with E-state index in [9.17, 15) is 15.0 Å². The molecule has 0 atom stereocenters. The first-order valence-electron chi connectivity index (χ1n) is 10.9. The molecule has 2 N–H and O–H groups in total. The maximum atomic E-state index is 15.2. The molecular weight excluding hydrogens is 391 g/mol. The lowest BCUT2D eigenvalue weighted by Crippen LogP contribution is -2.17. The molecule has 0 amide bonds. The number of rotatable bonds is 4. The molecule has 2 aromatic rings. The predicted octanol–water partition coefficient (Wildman–Crippen LogP) is 7.20. The van der Waals surface area contributed by atoms with Gasteiger partial charge in [-0.25, -0.2) is 9.18 Å². The Labute approximate surface area is 183 Å². The van der Waals surface area contributed by atoms with E-state index in [4.69, 9.17) is 0 Å². The van der Waals surface area contributed by atoms with Crippen LogP contribution >= 0.6 is 0 Å². The summed E-state index contributed by atoms with van der Waals surface area (Å²) in [5.41, 5.74) is 3.71. The summed E-state index contributed by atoms with van der Waals surface area (Å²) in [5, 5.41) is 19.6. The van der Waals surface area contributed by atoms with Gasteiger partial charge in [0.1, 0.15) is 11.6 Å². The van der Waals surface area contributed by atoms with Gasteiger partial charge in [0, 0.05) is 11.1 Å². The number of hydrogen-bond donors (Lipinski definition) is 2. The fourth-order valence-electron chi connectivity index (χ4n) is 4.20. The van der Waals surface area contributed by atoms with Gasteiger partial charge in [0.25, 0.3) is 0 Å². The van der Waals surface area contributed by atoms with Crippen LogP contribution in [0.3, 0.4) is 0 Å². The van der Waals surface area contributed by atoms with Gasteiger partial charge >= 0.3 is 5.97 Å². The lowest BCUT2D eigenvalue weighted by atomic mass is 9.84. The molecule has 1 aliphatic rings. The number of carboxylic acids is 1. The summed E-state index contributed by atoms with van der Waals surface area (Å²) in [6, 6.07) is 12.1. The minimum absolute atomic E-state index is 0.162. The molecule has 1 saturated carbocycles. The number of carbonyl (C=O) groups is 1. The molecule has 0 unspecified atom stereocenters. The Hall–Kier alpha value is -2.88. The van der Waals surface area contributed by atoms with Crippen molar-refractivity contribution in [1.29, 1.82) is 0 Å². The van der Waals surface area contributed by atoms with Gasteiger partial charge in [-0.05, 0) is 72.1 Å². The minimum Gasteiger partial charge on any atom is -0.508 e. The van der Waals surface area contributed by atoms with Gasteiger partial charge < -0.3 is 10.2 Å². The van der Waals surface area contributed by atoms with E-state index in [1.165, 1.54) is 30.6 Å². The molecule has 1 fully saturated rings. The van der Waals surface area contributed by atoms with Gasteiger partial charge in [0.15, 0.2) is 0 Å². The van der Waals surface area contributed by atoms with Gasteiger partial charge in [0.2, 0.25) is 0 Å². The molecule has 2 aromatic carbocycles. The Kier molecular flexibility index (Phi) is 6.99. The first kappa shape index (κ1) is 22.8. The van der Waals surface area contributed by atoms with Crippen LogP contribution < -0.4 is 0 Å². The molecule has 0 aliphatic heterocycles. The van der Waals surface area contributed by atoms with Crippen LogP contribution in [-0.4, -0.2) is 16.2 Å². The number of benzene rings is 2. The zero-order valence-electron chi connectivity index (χ0n) is 18.5. The van der Waals surface area contributed by atoms with E-state index in [1.54, 1.807) is 45.0 Å². The maximum Gasteiger partial charge on any atom is 0.332 e. The van der Waals surface area contributed by atoms with Crippen molar-refractivity contribution in [2.24, 2.45) is 5.41 Å². The van der Waals surface area contributed by atoms with E-state index in [2.05, 4.69) is 0 Å². The number of carboxylic acid groups (broad SMARTS) is 1. The molecule has 0 heterocycles. The predicted molar refractivity (Wildman–Crippen MR) is 123 cm³/mol. The van der Waals surface area contributed by atoms with Crippen LogP contribution in [0.4, 0.5) is 4.39 Å². The average Bonchev–Trinajstić information content (AvgIpc) is 2.96. The van der Waals surface area contributed by atoms with E-state index in [0.717, 1.165) is 42.4 Å². The number of allylic oxidation sites excluding steroid dienone is 1. The van der Waals surface area contributed by atoms with Crippen LogP contribution in [0, 0.1) is 11.2 Å². The Morgan fingerprint density at radius 2 is 1.61 bits per heavy atom. The van der Waals surface area contributed by atoms with Gasteiger partial charge in [-0.15, -0.1) is 0 Å². The summed E-state index contributed by atoms with van der Waals surface area (Å²) in [6.45, 7) is 5.40. The Morgan fingerprint density at radius 1 is 0.968 bits per heavy atom. The fraction of sp³-hybridized carbons (Fsp3) is 0.370. The van der Waals surface area contributed by atoms with Crippen molar-refractivity contribution in [2.75, 3.05) is 0 Å². The Morgan fingerprint density at radius 3 is 2.16 bits per heavy atom. The van der Waals surface area contributed by atoms with Crippen molar-refractivity contribution >= 4 is 17.6 Å². The second-order valence-corrected chi connectivity index (χ2v) is 9.29. The van der Waals surface area contributed by atoms with Gasteiger partial charge in [-0.1, -0.05) is 63.5 Å². The summed E-state index contributed by atoms with van der Waals surface area (Å²) >= 11 is 0. The quantitative estimate of drug-likeness (QED) is 0.404. The SMILES string of the molecule is CC(C)(C)C(=Cc1ccc(C(=C2CCCCCC2)c2cccc(O)c2)cc1F)C(=O)O. The molecule has 0 saturated heterocycles. The molecule has 3 nitrogen and oxygen atoms in total. The smallest absolute Gasteiger partial charge is 0.332 e. The van der Waals surface area contributed by atoms with Gasteiger partial charge in [0.05, 0.1) is 0 Å². The van der Waals surface area contributed by atoms with Crippen molar-refractivity contribution in [3.63, 3.8) is 0 Å². The first-order valence-corrected chi connectivity index (χ1v) is 10.9. The van der Waals surface area contributed by atoms with Gasteiger partial charge in [-0.3, -0.25) is 0 Å². The molecule has 0 bridgehead atoms. The normalized spacial score (nSPS) is 15.5. The number of aliphatic carboxylic acids is 1. The van der Waals surface area contributed by atoms with Crippen LogP contribution in [0.1, 0.15) is 76.0 Å².